The molecule has 1 aromatic carbocycles. The number of hydrogen-bond donors (Lipinski definition) is 1. The van der Waals surface area contributed by atoms with E-state index in [1.807, 2.05) is 0 Å². The van der Waals surface area contributed by atoms with Crippen LogP contribution < -0.4 is 5.32 Å². The van der Waals surface area contributed by atoms with Gasteiger partial charge in [0.25, 0.3) is 0 Å². The van der Waals surface area contributed by atoms with Crippen LogP contribution in [0.2, 0.25) is 0 Å². The van der Waals surface area contributed by atoms with Crippen molar-refractivity contribution in [3.63, 3.8) is 0 Å². The molecular formula is C17H23N3S. The van der Waals surface area contributed by atoms with Crippen molar-refractivity contribution in [3.05, 3.63) is 45.9 Å². The van der Waals surface area contributed by atoms with Gasteiger partial charge in [-0.1, -0.05) is 62.4 Å². The summed E-state index contributed by atoms with van der Waals surface area (Å²) in [7, 11) is 0. The Hall–Kier alpha value is -1.26. The van der Waals surface area contributed by atoms with Gasteiger partial charge in [0.05, 0.1) is 6.04 Å². The lowest BCUT2D eigenvalue weighted by atomic mass is 10.1. The maximum atomic E-state index is 4.48. The number of hydrogen-bond acceptors (Lipinski definition) is 4. The molecule has 0 aliphatic heterocycles. The Balaban J connectivity index is 1.83. The fourth-order valence-corrected chi connectivity index (χ4v) is 3.93. The van der Waals surface area contributed by atoms with E-state index in [1.54, 1.807) is 11.3 Å². The van der Waals surface area contributed by atoms with E-state index in [1.165, 1.54) is 17.0 Å². The maximum Gasteiger partial charge on any atom is 0.139 e. The van der Waals surface area contributed by atoms with Gasteiger partial charge in [-0.05, 0) is 30.4 Å². The molecule has 3 rings (SSSR count). The molecule has 0 saturated heterocycles. The zero-order valence-electron chi connectivity index (χ0n) is 13.0. The molecule has 0 amide bonds. The van der Waals surface area contributed by atoms with Crippen molar-refractivity contribution < 1.29 is 0 Å². The Morgan fingerprint density at radius 2 is 2.00 bits per heavy atom. The lowest BCUT2D eigenvalue weighted by molar-refractivity contribution is 0.590. The number of nitrogens with zero attached hydrogens (tertiary/aromatic N) is 2. The van der Waals surface area contributed by atoms with E-state index in [-0.39, 0.29) is 6.04 Å². The van der Waals surface area contributed by atoms with Gasteiger partial charge >= 0.3 is 0 Å². The normalized spacial score (nSPS) is 21.2. The van der Waals surface area contributed by atoms with E-state index >= 15 is 0 Å². The van der Waals surface area contributed by atoms with Gasteiger partial charge in [0.2, 0.25) is 0 Å². The molecule has 1 fully saturated rings. The predicted molar refractivity (Wildman–Crippen MR) is 87.6 cm³/mol. The third-order valence-corrected chi connectivity index (χ3v) is 5.35. The molecule has 0 spiro atoms. The monoisotopic (exact) mass is 301 g/mol. The first kappa shape index (κ1) is 14.7. The summed E-state index contributed by atoms with van der Waals surface area (Å²) in [5, 5.41) is 14.8. The van der Waals surface area contributed by atoms with Gasteiger partial charge in [-0.25, -0.2) is 0 Å². The number of benzene rings is 1. The van der Waals surface area contributed by atoms with Crippen LogP contribution in [0.25, 0.3) is 0 Å². The zero-order valence-corrected chi connectivity index (χ0v) is 13.8. The molecule has 3 nitrogen and oxygen atoms in total. The zero-order chi connectivity index (χ0) is 14.9. The summed E-state index contributed by atoms with van der Waals surface area (Å²) < 4.78 is 0. The Morgan fingerprint density at radius 3 is 2.62 bits per heavy atom. The summed E-state index contributed by atoms with van der Waals surface area (Å²) >= 11 is 1.77. The van der Waals surface area contributed by atoms with E-state index in [0.717, 1.165) is 18.0 Å². The summed E-state index contributed by atoms with van der Waals surface area (Å²) in [5.74, 6) is 0.603. The molecule has 2 atom stereocenters. The molecule has 1 aliphatic carbocycles. The van der Waals surface area contributed by atoms with Crippen molar-refractivity contribution in [1.29, 1.82) is 0 Å². The van der Waals surface area contributed by atoms with E-state index in [0.29, 0.717) is 11.3 Å². The summed E-state index contributed by atoms with van der Waals surface area (Å²) in [5.41, 5.74) is 1.68. The van der Waals surface area contributed by atoms with Crippen molar-refractivity contribution in [1.82, 2.24) is 15.5 Å². The lowest BCUT2D eigenvalue weighted by Crippen LogP contribution is -2.23. The summed E-state index contributed by atoms with van der Waals surface area (Å²) in [6, 6.07) is 10.7. The third kappa shape index (κ3) is 3.16. The average molecular weight is 301 g/mol. The standard InChI is InChI=1S/C17H23N3S/c1-4-10-18-14(12-8-6-5-7-9-12)16-20-19-15(21-16)13-11-17(13,2)3/h5-9,13-14,18H,4,10-11H2,1-3H3. The first-order valence-corrected chi connectivity index (χ1v) is 8.55. The average Bonchev–Trinajstić information content (AvgIpc) is 2.90. The van der Waals surface area contributed by atoms with Crippen LogP contribution in [0.1, 0.15) is 61.2 Å². The minimum absolute atomic E-state index is 0.166. The van der Waals surface area contributed by atoms with Gasteiger partial charge in [-0.2, -0.15) is 0 Å². The van der Waals surface area contributed by atoms with Crippen LogP contribution in [0.5, 0.6) is 0 Å². The van der Waals surface area contributed by atoms with Crippen molar-refractivity contribution >= 4 is 11.3 Å². The summed E-state index contributed by atoms with van der Waals surface area (Å²) in [4.78, 5) is 0. The Morgan fingerprint density at radius 1 is 1.29 bits per heavy atom. The van der Waals surface area contributed by atoms with Crippen LogP contribution in [0.4, 0.5) is 0 Å². The van der Waals surface area contributed by atoms with Gasteiger partial charge in [0.1, 0.15) is 10.0 Å². The quantitative estimate of drug-likeness (QED) is 0.871. The highest BCUT2D eigenvalue weighted by Crippen LogP contribution is 2.59. The molecule has 1 aliphatic rings. The second-order valence-corrected chi connectivity index (χ2v) is 7.56. The second-order valence-electron chi connectivity index (χ2n) is 6.52. The van der Waals surface area contributed by atoms with Crippen molar-refractivity contribution in [2.24, 2.45) is 5.41 Å². The van der Waals surface area contributed by atoms with E-state index in [9.17, 15) is 0 Å². The molecule has 2 aromatic rings. The predicted octanol–water partition coefficient (Wildman–Crippen LogP) is 4.14. The minimum Gasteiger partial charge on any atom is -0.304 e. The summed E-state index contributed by atoms with van der Waals surface area (Å²) in [6.45, 7) is 7.79. The Labute approximate surface area is 130 Å². The van der Waals surface area contributed by atoms with Crippen molar-refractivity contribution in [2.45, 2.75) is 45.6 Å². The van der Waals surface area contributed by atoms with E-state index < -0.39 is 0 Å². The minimum atomic E-state index is 0.166. The first-order valence-electron chi connectivity index (χ1n) is 7.73. The molecule has 0 radical (unpaired) electrons. The van der Waals surface area contributed by atoms with E-state index in [2.05, 4.69) is 66.6 Å². The first-order chi connectivity index (χ1) is 10.1. The van der Waals surface area contributed by atoms with Crippen LogP contribution in [-0.4, -0.2) is 16.7 Å². The molecule has 2 unspecified atom stereocenters. The van der Waals surface area contributed by atoms with Gasteiger partial charge in [0.15, 0.2) is 0 Å². The van der Waals surface area contributed by atoms with Crippen molar-refractivity contribution in [2.75, 3.05) is 6.54 Å². The smallest absolute Gasteiger partial charge is 0.139 e. The molecule has 21 heavy (non-hydrogen) atoms. The van der Waals surface area contributed by atoms with Crippen LogP contribution in [-0.2, 0) is 0 Å². The molecule has 0 bridgehead atoms. The highest BCUT2D eigenvalue weighted by atomic mass is 32.1. The third-order valence-electron chi connectivity index (χ3n) is 4.25. The van der Waals surface area contributed by atoms with Gasteiger partial charge < -0.3 is 5.32 Å². The topological polar surface area (TPSA) is 37.8 Å². The molecular weight excluding hydrogens is 278 g/mol. The van der Waals surface area contributed by atoms with Crippen LogP contribution >= 0.6 is 11.3 Å². The highest BCUT2D eigenvalue weighted by Gasteiger charge is 2.48. The van der Waals surface area contributed by atoms with Crippen molar-refractivity contribution in [3.8, 4) is 0 Å². The number of aromatic nitrogens is 2. The van der Waals surface area contributed by atoms with E-state index in [4.69, 9.17) is 0 Å². The molecule has 1 aromatic heterocycles. The van der Waals surface area contributed by atoms with Crippen LogP contribution in [0, 0.1) is 5.41 Å². The maximum absolute atomic E-state index is 4.48. The molecule has 1 N–H and O–H groups in total. The number of rotatable bonds is 6. The van der Waals surface area contributed by atoms with Gasteiger partial charge in [-0.15, -0.1) is 10.2 Å². The number of nitrogens with one attached hydrogen (secondary N) is 1. The fourth-order valence-electron chi connectivity index (χ4n) is 2.67. The molecule has 112 valence electrons. The fraction of sp³-hybridized carbons (Fsp3) is 0.529. The Kier molecular flexibility index (Phi) is 4.09. The lowest BCUT2D eigenvalue weighted by Gasteiger charge is -2.15. The SMILES string of the molecule is CCCNC(c1ccccc1)c1nnc(C2CC2(C)C)s1. The molecule has 1 heterocycles. The van der Waals surface area contributed by atoms with Crippen LogP contribution in [0.15, 0.2) is 30.3 Å². The van der Waals surface area contributed by atoms with Gasteiger partial charge in [-0.3, -0.25) is 0 Å². The summed E-state index contributed by atoms with van der Waals surface area (Å²) in [6.07, 6.45) is 2.35. The van der Waals surface area contributed by atoms with Gasteiger partial charge in [0, 0.05) is 5.92 Å². The highest BCUT2D eigenvalue weighted by molar-refractivity contribution is 7.11. The molecule has 1 saturated carbocycles. The molecule has 4 heteroatoms. The van der Waals surface area contributed by atoms with Crippen LogP contribution in [0.3, 0.4) is 0 Å². The Bertz CT molecular complexity index is 591. The largest absolute Gasteiger partial charge is 0.304 e. The second kappa shape index (κ2) is 5.85.